The summed E-state index contributed by atoms with van der Waals surface area (Å²) in [5.41, 5.74) is 1.00. The molecular weight excluding hydrogens is 311 g/mol. The van der Waals surface area contributed by atoms with E-state index in [0.29, 0.717) is 21.4 Å². The first-order valence-electron chi connectivity index (χ1n) is 6.82. The molecule has 3 rings (SSSR count). The number of hydrogen-bond donors (Lipinski definition) is 1. The van der Waals surface area contributed by atoms with Crippen LogP contribution in [0.2, 0.25) is 10.0 Å². The molecule has 2 aromatic rings. The van der Waals surface area contributed by atoms with Crippen molar-refractivity contribution in [1.82, 2.24) is 20.3 Å². The largest absolute Gasteiger partial charge is 0.348 e. The molecule has 0 aliphatic heterocycles. The van der Waals surface area contributed by atoms with Crippen molar-refractivity contribution in [3.8, 4) is 5.69 Å². The number of nitrogens with one attached hydrogen (secondary N) is 1. The van der Waals surface area contributed by atoms with Crippen molar-refractivity contribution in [2.75, 3.05) is 0 Å². The standard InChI is InChI=1S/C14H14Cl2N4O/c15-11-6-5-10(7-12(11)16)20-8-13(18-19-20)14(21)17-9-3-1-2-4-9/h5-9H,1-4H2,(H,17,21). The first-order valence-corrected chi connectivity index (χ1v) is 7.58. The van der Waals surface area contributed by atoms with E-state index in [2.05, 4.69) is 15.6 Å². The van der Waals surface area contributed by atoms with Crippen LogP contribution in [0.1, 0.15) is 36.2 Å². The summed E-state index contributed by atoms with van der Waals surface area (Å²) in [6.07, 6.45) is 5.99. The molecule has 1 saturated carbocycles. The van der Waals surface area contributed by atoms with E-state index >= 15 is 0 Å². The average Bonchev–Trinajstić information content (AvgIpc) is 3.12. The van der Waals surface area contributed by atoms with Gasteiger partial charge in [-0.2, -0.15) is 0 Å². The van der Waals surface area contributed by atoms with E-state index in [9.17, 15) is 4.79 Å². The number of halogens is 2. The molecule has 1 heterocycles. The van der Waals surface area contributed by atoms with Crippen LogP contribution < -0.4 is 5.32 Å². The highest BCUT2D eigenvalue weighted by Crippen LogP contribution is 2.24. The van der Waals surface area contributed by atoms with Crippen molar-refractivity contribution in [1.29, 1.82) is 0 Å². The molecular formula is C14H14Cl2N4O. The predicted molar refractivity (Wildman–Crippen MR) is 81.1 cm³/mol. The van der Waals surface area contributed by atoms with Crippen LogP contribution in [0.4, 0.5) is 0 Å². The number of hydrogen-bond acceptors (Lipinski definition) is 3. The smallest absolute Gasteiger partial charge is 0.273 e. The summed E-state index contributed by atoms with van der Waals surface area (Å²) in [4.78, 5) is 12.1. The molecule has 0 bridgehead atoms. The van der Waals surface area contributed by atoms with Gasteiger partial charge < -0.3 is 5.32 Å². The van der Waals surface area contributed by atoms with Crippen LogP contribution in [0.15, 0.2) is 24.4 Å². The maximum atomic E-state index is 12.1. The zero-order valence-electron chi connectivity index (χ0n) is 11.2. The van der Waals surface area contributed by atoms with Crippen molar-refractivity contribution >= 4 is 29.1 Å². The van der Waals surface area contributed by atoms with Crippen molar-refractivity contribution in [2.24, 2.45) is 0 Å². The number of nitrogens with zero attached hydrogens (tertiary/aromatic N) is 3. The second-order valence-electron chi connectivity index (χ2n) is 5.10. The predicted octanol–water partition coefficient (Wildman–Crippen LogP) is 3.25. The van der Waals surface area contributed by atoms with E-state index in [1.54, 1.807) is 24.4 Å². The lowest BCUT2D eigenvalue weighted by Crippen LogP contribution is -2.32. The lowest BCUT2D eigenvalue weighted by molar-refractivity contribution is 0.0932. The quantitative estimate of drug-likeness (QED) is 0.942. The van der Waals surface area contributed by atoms with Crippen molar-refractivity contribution in [3.05, 3.63) is 40.1 Å². The molecule has 0 atom stereocenters. The van der Waals surface area contributed by atoms with Crippen molar-refractivity contribution < 1.29 is 4.79 Å². The van der Waals surface area contributed by atoms with Gasteiger partial charge in [0, 0.05) is 6.04 Å². The van der Waals surface area contributed by atoms with Crippen molar-refractivity contribution in [3.63, 3.8) is 0 Å². The summed E-state index contributed by atoms with van der Waals surface area (Å²) in [6.45, 7) is 0. The number of benzene rings is 1. The molecule has 0 unspecified atom stereocenters. The van der Waals surface area contributed by atoms with E-state index in [1.165, 1.54) is 17.5 Å². The van der Waals surface area contributed by atoms with Gasteiger partial charge in [0.1, 0.15) is 0 Å². The van der Waals surface area contributed by atoms with Crippen LogP contribution in [0.25, 0.3) is 5.69 Å². The van der Waals surface area contributed by atoms with Gasteiger partial charge in [-0.15, -0.1) is 5.10 Å². The maximum Gasteiger partial charge on any atom is 0.273 e. The summed E-state index contributed by atoms with van der Waals surface area (Å²) < 4.78 is 1.51. The van der Waals surface area contributed by atoms with E-state index < -0.39 is 0 Å². The number of aromatic nitrogens is 3. The number of amides is 1. The van der Waals surface area contributed by atoms with E-state index in [-0.39, 0.29) is 11.9 Å². The molecule has 110 valence electrons. The molecule has 1 fully saturated rings. The van der Waals surface area contributed by atoms with Crippen LogP contribution in [-0.2, 0) is 0 Å². The monoisotopic (exact) mass is 324 g/mol. The van der Waals surface area contributed by atoms with E-state index in [1.807, 2.05) is 0 Å². The molecule has 1 N–H and O–H groups in total. The van der Waals surface area contributed by atoms with Crippen LogP contribution in [0.5, 0.6) is 0 Å². The molecule has 1 aromatic carbocycles. The number of carbonyl (C=O) groups is 1. The van der Waals surface area contributed by atoms with Gasteiger partial charge in [0.25, 0.3) is 5.91 Å². The van der Waals surface area contributed by atoms with Gasteiger partial charge in [0.2, 0.25) is 0 Å². The molecule has 5 nitrogen and oxygen atoms in total. The van der Waals surface area contributed by atoms with Gasteiger partial charge >= 0.3 is 0 Å². The second kappa shape index (κ2) is 6.03. The highest BCUT2D eigenvalue weighted by atomic mass is 35.5. The Morgan fingerprint density at radius 3 is 2.71 bits per heavy atom. The topological polar surface area (TPSA) is 59.8 Å². The summed E-state index contributed by atoms with van der Waals surface area (Å²) in [6, 6.07) is 5.38. The van der Waals surface area contributed by atoms with Crippen LogP contribution in [0, 0.1) is 0 Å². The Morgan fingerprint density at radius 1 is 1.24 bits per heavy atom. The van der Waals surface area contributed by atoms with Crippen LogP contribution in [0.3, 0.4) is 0 Å². The molecule has 1 aliphatic rings. The molecule has 21 heavy (non-hydrogen) atoms. The Labute approximate surface area is 132 Å². The van der Waals surface area contributed by atoms with Gasteiger partial charge in [0.15, 0.2) is 5.69 Å². The lowest BCUT2D eigenvalue weighted by Gasteiger charge is -2.09. The van der Waals surface area contributed by atoms with Crippen LogP contribution >= 0.6 is 23.2 Å². The molecule has 1 amide bonds. The average molecular weight is 325 g/mol. The highest BCUT2D eigenvalue weighted by Gasteiger charge is 2.19. The molecule has 0 saturated heterocycles. The first kappa shape index (κ1) is 14.4. The summed E-state index contributed by atoms with van der Waals surface area (Å²) in [5, 5.41) is 11.8. The van der Waals surface area contributed by atoms with Gasteiger partial charge in [-0.3, -0.25) is 4.79 Å². The third kappa shape index (κ3) is 3.19. The Bertz CT molecular complexity index is 665. The van der Waals surface area contributed by atoms with Gasteiger partial charge in [-0.1, -0.05) is 41.3 Å². The minimum absolute atomic E-state index is 0.187. The van der Waals surface area contributed by atoms with E-state index in [4.69, 9.17) is 23.2 Å². The van der Waals surface area contributed by atoms with Crippen molar-refractivity contribution in [2.45, 2.75) is 31.7 Å². The minimum Gasteiger partial charge on any atom is -0.348 e. The second-order valence-corrected chi connectivity index (χ2v) is 5.92. The fourth-order valence-electron chi connectivity index (χ4n) is 2.45. The number of carbonyl (C=O) groups excluding carboxylic acids is 1. The normalized spacial score (nSPS) is 15.3. The highest BCUT2D eigenvalue weighted by molar-refractivity contribution is 6.42. The van der Waals surface area contributed by atoms with Gasteiger partial charge in [-0.25, -0.2) is 4.68 Å². The number of rotatable bonds is 3. The van der Waals surface area contributed by atoms with Crippen LogP contribution in [-0.4, -0.2) is 26.9 Å². The Morgan fingerprint density at radius 2 is 2.00 bits per heavy atom. The molecule has 1 aromatic heterocycles. The third-order valence-electron chi connectivity index (χ3n) is 3.58. The first-order chi connectivity index (χ1) is 10.1. The Hall–Kier alpha value is -1.59. The molecule has 0 spiro atoms. The maximum absolute atomic E-state index is 12.1. The van der Waals surface area contributed by atoms with Gasteiger partial charge in [0.05, 0.1) is 21.9 Å². The Kier molecular flexibility index (Phi) is 4.12. The summed E-state index contributed by atoms with van der Waals surface area (Å²) in [5.74, 6) is -0.187. The fourth-order valence-corrected chi connectivity index (χ4v) is 2.74. The Balaban J connectivity index is 1.75. The SMILES string of the molecule is O=C(NC1CCCC1)c1cn(-c2ccc(Cl)c(Cl)c2)nn1. The summed E-state index contributed by atoms with van der Waals surface area (Å²) in [7, 11) is 0. The third-order valence-corrected chi connectivity index (χ3v) is 4.32. The zero-order valence-corrected chi connectivity index (χ0v) is 12.7. The lowest BCUT2D eigenvalue weighted by atomic mass is 10.2. The minimum atomic E-state index is -0.187. The molecule has 1 aliphatic carbocycles. The van der Waals surface area contributed by atoms with Gasteiger partial charge in [-0.05, 0) is 31.0 Å². The summed E-state index contributed by atoms with van der Waals surface area (Å²) >= 11 is 11.9. The fraction of sp³-hybridized carbons (Fsp3) is 0.357. The zero-order chi connectivity index (χ0) is 14.8. The molecule has 7 heteroatoms. The van der Waals surface area contributed by atoms with E-state index in [0.717, 1.165) is 12.8 Å². The molecule has 0 radical (unpaired) electrons.